The van der Waals surface area contributed by atoms with Gasteiger partial charge in [-0.15, -0.1) is 0 Å². The lowest BCUT2D eigenvalue weighted by atomic mass is 10.1. The molecule has 8 heteroatoms. The van der Waals surface area contributed by atoms with Crippen LogP contribution in [0.2, 0.25) is 0 Å². The smallest absolute Gasteiger partial charge is 0.321 e. The van der Waals surface area contributed by atoms with Crippen LogP contribution < -0.4 is 10.6 Å². The zero-order valence-corrected chi connectivity index (χ0v) is 14.7. The Morgan fingerprint density at radius 3 is 2.17 bits per heavy atom. The summed E-state index contributed by atoms with van der Waals surface area (Å²) in [6, 6.07) is -0.847. The highest BCUT2D eigenvalue weighted by molar-refractivity contribution is 5.96. The molecule has 8 nitrogen and oxygen atoms in total. The standard InChI is InChI=1S/C16H29N5O3/c1-13(15(23)18-16(24)17-2)20-10-8-19(9-11-20)12-14(22)21-6-4-3-5-7-21/h13H,3-12H2,1-2H3,(H2,17,18,23,24). The van der Waals surface area contributed by atoms with Crippen LogP contribution in [0.4, 0.5) is 4.79 Å². The number of nitrogens with zero attached hydrogens (tertiary/aromatic N) is 3. The van der Waals surface area contributed by atoms with E-state index >= 15 is 0 Å². The SMILES string of the molecule is CNC(=O)NC(=O)C(C)N1CCN(CC(=O)N2CCCCC2)CC1. The van der Waals surface area contributed by atoms with Crippen molar-refractivity contribution < 1.29 is 14.4 Å². The van der Waals surface area contributed by atoms with Crippen molar-refractivity contribution in [2.45, 2.75) is 32.2 Å². The Labute approximate surface area is 143 Å². The van der Waals surface area contributed by atoms with Crippen LogP contribution in [0.1, 0.15) is 26.2 Å². The van der Waals surface area contributed by atoms with Gasteiger partial charge in [0.15, 0.2) is 0 Å². The molecule has 0 aromatic carbocycles. The highest BCUT2D eigenvalue weighted by Gasteiger charge is 2.28. The molecular weight excluding hydrogens is 310 g/mol. The molecule has 136 valence electrons. The summed E-state index contributed by atoms with van der Waals surface area (Å²) in [5, 5.41) is 4.68. The molecule has 0 aromatic rings. The zero-order valence-electron chi connectivity index (χ0n) is 14.7. The van der Waals surface area contributed by atoms with E-state index in [2.05, 4.69) is 15.5 Å². The van der Waals surface area contributed by atoms with Gasteiger partial charge in [-0.2, -0.15) is 0 Å². The molecule has 1 unspecified atom stereocenters. The molecule has 2 heterocycles. The number of hydrogen-bond acceptors (Lipinski definition) is 5. The van der Waals surface area contributed by atoms with Gasteiger partial charge < -0.3 is 10.2 Å². The molecule has 24 heavy (non-hydrogen) atoms. The van der Waals surface area contributed by atoms with Gasteiger partial charge in [0, 0.05) is 46.3 Å². The van der Waals surface area contributed by atoms with Crippen molar-refractivity contribution in [2.24, 2.45) is 0 Å². The predicted octanol–water partition coefficient (Wildman–Crippen LogP) is -0.539. The number of carbonyl (C=O) groups is 3. The first kappa shape index (κ1) is 18.7. The average molecular weight is 339 g/mol. The molecule has 0 saturated carbocycles. The Hall–Kier alpha value is -1.67. The summed E-state index contributed by atoms with van der Waals surface area (Å²) in [6.07, 6.45) is 3.44. The van der Waals surface area contributed by atoms with Gasteiger partial charge in [0.2, 0.25) is 11.8 Å². The Kier molecular flexibility index (Phi) is 6.99. The summed E-state index contributed by atoms with van der Waals surface area (Å²) in [4.78, 5) is 41.7. The van der Waals surface area contributed by atoms with E-state index in [1.807, 2.05) is 9.80 Å². The lowest BCUT2D eigenvalue weighted by Gasteiger charge is -2.38. The van der Waals surface area contributed by atoms with Gasteiger partial charge in [-0.3, -0.25) is 24.7 Å². The van der Waals surface area contributed by atoms with Crippen molar-refractivity contribution in [3.8, 4) is 0 Å². The molecule has 2 aliphatic rings. The highest BCUT2D eigenvalue weighted by atomic mass is 16.2. The molecule has 2 fully saturated rings. The van der Waals surface area contributed by atoms with Gasteiger partial charge in [-0.1, -0.05) is 0 Å². The summed E-state index contributed by atoms with van der Waals surface area (Å²) in [5.41, 5.74) is 0. The normalized spacial score (nSPS) is 21.2. The van der Waals surface area contributed by atoms with Gasteiger partial charge in [0.05, 0.1) is 12.6 Å². The molecule has 2 aliphatic heterocycles. The maximum atomic E-state index is 12.3. The summed E-state index contributed by atoms with van der Waals surface area (Å²) in [7, 11) is 1.48. The second-order valence-corrected chi connectivity index (χ2v) is 6.50. The van der Waals surface area contributed by atoms with Gasteiger partial charge in [-0.25, -0.2) is 4.79 Å². The molecule has 0 spiro atoms. The molecule has 0 aromatic heterocycles. The third kappa shape index (κ3) is 5.17. The average Bonchev–Trinajstić information content (AvgIpc) is 2.62. The van der Waals surface area contributed by atoms with Crippen LogP contribution in [-0.2, 0) is 9.59 Å². The Balaban J connectivity index is 1.73. The number of carbonyl (C=O) groups excluding carboxylic acids is 3. The molecule has 0 radical (unpaired) electrons. The first-order valence-electron chi connectivity index (χ1n) is 8.78. The number of urea groups is 1. The number of imide groups is 1. The van der Waals surface area contributed by atoms with Gasteiger partial charge >= 0.3 is 6.03 Å². The third-order valence-corrected chi connectivity index (χ3v) is 4.87. The number of piperazine rings is 1. The van der Waals surface area contributed by atoms with Crippen LogP contribution in [0.5, 0.6) is 0 Å². The van der Waals surface area contributed by atoms with Crippen molar-refractivity contribution in [1.29, 1.82) is 0 Å². The molecule has 0 aliphatic carbocycles. The Bertz CT molecular complexity index is 457. The van der Waals surface area contributed by atoms with E-state index in [0.29, 0.717) is 6.54 Å². The molecule has 0 bridgehead atoms. The van der Waals surface area contributed by atoms with Crippen LogP contribution in [0.3, 0.4) is 0 Å². The number of likely N-dealkylation sites (tertiary alicyclic amines) is 1. The predicted molar refractivity (Wildman–Crippen MR) is 90.5 cm³/mol. The van der Waals surface area contributed by atoms with E-state index in [0.717, 1.165) is 52.1 Å². The van der Waals surface area contributed by atoms with Crippen molar-refractivity contribution in [3.05, 3.63) is 0 Å². The van der Waals surface area contributed by atoms with Crippen molar-refractivity contribution >= 4 is 17.8 Å². The molecule has 2 N–H and O–H groups in total. The number of hydrogen-bond donors (Lipinski definition) is 2. The van der Waals surface area contributed by atoms with Gasteiger partial charge in [-0.05, 0) is 26.2 Å². The van der Waals surface area contributed by atoms with Gasteiger partial charge in [0.25, 0.3) is 0 Å². The fourth-order valence-corrected chi connectivity index (χ4v) is 3.19. The topological polar surface area (TPSA) is 85.0 Å². The van der Waals surface area contributed by atoms with E-state index in [1.165, 1.54) is 13.5 Å². The minimum absolute atomic E-state index is 0.216. The highest BCUT2D eigenvalue weighted by Crippen LogP contribution is 2.11. The minimum Gasteiger partial charge on any atom is -0.342 e. The van der Waals surface area contributed by atoms with Gasteiger partial charge in [0.1, 0.15) is 0 Å². The number of amides is 4. The molecular formula is C16H29N5O3. The quantitative estimate of drug-likeness (QED) is 0.719. The molecule has 2 rings (SSSR count). The zero-order chi connectivity index (χ0) is 17.5. The lowest BCUT2D eigenvalue weighted by Crippen LogP contribution is -2.56. The first-order chi connectivity index (χ1) is 11.5. The van der Waals surface area contributed by atoms with Crippen LogP contribution >= 0.6 is 0 Å². The van der Waals surface area contributed by atoms with Crippen molar-refractivity contribution in [3.63, 3.8) is 0 Å². The second kappa shape index (κ2) is 8.98. The summed E-state index contributed by atoms with van der Waals surface area (Å²) in [5.74, 6) is -0.0826. The monoisotopic (exact) mass is 339 g/mol. The number of nitrogens with one attached hydrogen (secondary N) is 2. The van der Waals surface area contributed by atoms with Crippen LogP contribution in [0.25, 0.3) is 0 Å². The van der Waals surface area contributed by atoms with Crippen molar-refractivity contribution in [1.82, 2.24) is 25.3 Å². The summed E-state index contributed by atoms with van der Waals surface area (Å²) in [6.45, 7) is 6.99. The largest absolute Gasteiger partial charge is 0.342 e. The van der Waals surface area contributed by atoms with Crippen molar-refractivity contribution in [2.75, 3.05) is 52.9 Å². The maximum absolute atomic E-state index is 12.3. The fraction of sp³-hybridized carbons (Fsp3) is 0.812. The van der Waals surface area contributed by atoms with E-state index < -0.39 is 6.03 Å². The summed E-state index contributed by atoms with van der Waals surface area (Å²) >= 11 is 0. The molecule has 4 amide bonds. The first-order valence-corrected chi connectivity index (χ1v) is 8.78. The van der Waals surface area contributed by atoms with Crippen LogP contribution in [0, 0.1) is 0 Å². The number of piperidine rings is 1. The van der Waals surface area contributed by atoms with E-state index in [9.17, 15) is 14.4 Å². The number of rotatable bonds is 4. The van der Waals surface area contributed by atoms with E-state index in [1.54, 1.807) is 6.92 Å². The fourth-order valence-electron chi connectivity index (χ4n) is 3.19. The third-order valence-electron chi connectivity index (χ3n) is 4.87. The van der Waals surface area contributed by atoms with E-state index in [-0.39, 0.29) is 17.9 Å². The molecule has 2 saturated heterocycles. The Morgan fingerprint density at radius 1 is 0.958 bits per heavy atom. The second-order valence-electron chi connectivity index (χ2n) is 6.50. The lowest BCUT2D eigenvalue weighted by molar-refractivity contribution is -0.134. The maximum Gasteiger partial charge on any atom is 0.321 e. The summed E-state index contributed by atoms with van der Waals surface area (Å²) < 4.78 is 0. The molecule has 1 atom stereocenters. The van der Waals surface area contributed by atoms with Crippen LogP contribution in [0.15, 0.2) is 0 Å². The van der Waals surface area contributed by atoms with E-state index in [4.69, 9.17) is 0 Å². The minimum atomic E-state index is -0.488. The van der Waals surface area contributed by atoms with Crippen LogP contribution in [-0.4, -0.2) is 91.4 Å². The Morgan fingerprint density at radius 2 is 1.58 bits per heavy atom.